The van der Waals surface area contributed by atoms with Gasteiger partial charge in [-0.15, -0.1) is 0 Å². The monoisotopic (exact) mass is 327 g/mol. The van der Waals surface area contributed by atoms with Gasteiger partial charge in [0.1, 0.15) is 5.69 Å². The number of nitro benzene ring substituents is 2. The summed E-state index contributed by atoms with van der Waals surface area (Å²) in [5.41, 5.74) is 0.717. The number of carbonyl (C=O) groups is 1. The van der Waals surface area contributed by atoms with Gasteiger partial charge in [0, 0.05) is 30.8 Å². The van der Waals surface area contributed by atoms with Gasteiger partial charge in [0.05, 0.1) is 9.85 Å². The quantitative estimate of drug-likeness (QED) is 0.376. The van der Waals surface area contributed by atoms with Crippen molar-refractivity contribution in [3.8, 4) is 0 Å². The molecule has 0 aromatic heterocycles. The van der Waals surface area contributed by atoms with Crippen LogP contribution in [0.4, 0.5) is 17.1 Å². The highest BCUT2D eigenvalue weighted by molar-refractivity contribution is 6.07. The summed E-state index contributed by atoms with van der Waals surface area (Å²) in [5, 5.41) is 24.4. The molecule has 0 aliphatic heterocycles. The molecule has 2 rings (SSSR count). The SMILES string of the molecule is CNc1ccc(/C=C/C(=O)c2cccc([N+](=O)[O-])c2)cc1[N+](=O)[O-]. The second-order valence-electron chi connectivity index (χ2n) is 4.79. The molecule has 0 unspecified atom stereocenters. The van der Waals surface area contributed by atoms with Gasteiger partial charge in [0.2, 0.25) is 0 Å². The Morgan fingerprint density at radius 2 is 1.83 bits per heavy atom. The van der Waals surface area contributed by atoms with Gasteiger partial charge in [0.15, 0.2) is 5.78 Å². The van der Waals surface area contributed by atoms with Gasteiger partial charge in [-0.1, -0.05) is 24.3 Å². The van der Waals surface area contributed by atoms with Crippen molar-refractivity contribution in [1.29, 1.82) is 0 Å². The van der Waals surface area contributed by atoms with Crippen LogP contribution in [-0.2, 0) is 0 Å². The predicted octanol–water partition coefficient (Wildman–Crippen LogP) is 3.44. The van der Waals surface area contributed by atoms with Crippen LogP contribution in [0.5, 0.6) is 0 Å². The molecule has 0 heterocycles. The zero-order chi connectivity index (χ0) is 17.7. The van der Waals surface area contributed by atoms with E-state index in [-0.39, 0.29) is 16.9 Å². The Morgan fingerprint density at radius 3 is 2.46 bits per heavy atom. The summed E-state index contributed by atoms with van der Waals surface area (Å²) in [4.78, 5) is 32.7. The molecule has 0 amide bonds. The molecule has 0 spiro atoms. The van der Waals surface area contributed by atoms with E-state index >= 15 is 0 Å². The van der Waals surface area contributed by atoms with Gasteiger partial charge < -0.3 is 5.32 Å². The van der Waals surface area contributed by atoms with Crippen LogP contribution < -0.4 is 5.32 Å². The van der Waals surface area contributed by atoms with Crippen molar-refractivity contribution in [2.45, 2.75) is 0 Å². The summed E-state index contributed by atoms with van der Waals surface area (Å²) in [6.45, 7) is 0. The molecule has 0 atom stereocenters. The average molecular weight is 327 g/mol. The summed E-state index contributed by atoms with van der Waals surface area (Å²) in [6.07, 6.45) is 2.64. The minimum atomic E-state index is -0.583. The fraction of sp³-hybridized carbons (Fsp3) is 0.0625. The van der Waals surface area contributed by atoms with E-state index in [9.17, 15) is 25.0 Å². The minimum Gasteiger partial charge on any atom is -0.383 e. The standard InChI is InChI=1S/C16H13N3O5/c1-17-14-7-5-11(9-15(14)19(23)24)6-8-16(20)12-3-2-4-13(10-12)18(21)22/h2-10,17H,1H3/b8-6+. The van der Waals surface area contributed by atoms with Crippen molar-refractivity contribution >= 4 is 28.9 Å². The van der Waals surface area contributed by atoms with E-state index in [1.165, 1.54) is 48.6 Å². The Kier molecular flexibility index (Phi) is 5.00. The third-order valence-corrected chi connectivity index (χ3v) is 3.26. The average Bonchev–Trinajstić information content (AvgIpc) is 2.59. The summed E-state index contributed by atoms with van der Waals surface area (Å²) in [7, 11) is 1.57. The Labute approximate surface area is 136 Å². The normalized spacial score (nSPS) is 10.5. The molecule has 1 N–H and O–H groups in total. The van der Waals surface area contributed by atoms with Gasteiger partial charge in [-0.25, -0.2) is 0 Å². The van der Waals surface area contributed by atoms with Gasteiger partial charge in [0.25, 0.3) is 11.4 Å². The van der Waals surface area contributed by atoms with E-state index in [4.69, 9.17) is 0 Å². The van der Waals surface area contributed by atoms with Crippen molar-refractivity contribution in [3.05, 3.63) is 79.9 Å². The lowest BCUT2D eigenvalue weighted by Gasteiger charge is -2.02. The first-order valence-electron chi connectivity index (χ1n) is 6.85. The maximum atomic E-state index is 12.1. The number of nitro groups is 2. The molecule has 0 bridgehead atoms. The fourth-order valence-electron chi connectivity index (χ4n) is 2.06. The highest BCUT2D eigenvalue weighted by Gasteiger charge is 2.13. The van der Waals surface area contributed by atoms with E-state index < -0.39 is 15.6 Å². The highest BCUT2D eigenvalue weighted by Crippen LogP contribution is 2.25. The van der Waals surface area contributed by atoms with Crippen molar-refractivity contribution in [1.82, 2.24) is 0 Å². The van der Waals surface area contributed by atoms with Crippen molar-refractivity contribution in [2.24, 2.45) is 0 Å². The fourth-order valence-corrected chi connectivity index (χ4v) is 2.06. The number of nitrogens with zero attached hydrogens (tertiary/aromatic N) is 2. The number of non-ortho nitro benzene ring substituents is 1. The van der Waals surface area contributed by atoms with Gasteiger partial charge in [-0.2, -0.15) is 0 Å². The third kappa shape index (κ3) is 3.80. The maximum Gasteiger partial charge on any atom is 0.292 e. The van der Waals surface area contributed by atoms with Crippen LogP contribution in [0.15, 0.2) is 48.5 Å². The highest BCUT2D eigenvalue weighted by atomic mass is 16.6. The van der Waals surface area contributed by atoms with E-state index in [0.717, 1.165) is 0 Å². The number of hydrogen-bond donors (Lipinski definition) is 1. The van der Waals surface area contributed by atoms with E-state index in [0.29, 0.717) is 11.3 Å². The number of benzene rings is 2. The number of carbonyl (C=O) groups excluding carboxylic acids is 1. The number of ketones is 1. The van der Waals surface area contributed by atoms with Gasteiger partial charge in [-0.05, 0) is 17.7 Å². The lowest BCUT2D eigenvalue weighted by molar-refractivity contribution is -0.384. The first kappa shape index (κ1) is 16.8. The zero-order valence-corrected chi connectivity index (χ0v) is 12.6. The maximum absolute atomic E-state index is 12.1. The predicted molar refractivity (Wildman–Crippen MR) is 89.1 cm³/mol. The Bertz CT molecular complexity index is 845. The Morgan fingerprint density at radius 1 is 1.08 bits per heavy atom. The number of anilines is 1. The molecule has 8 heteroatoms. The molecule has 2 aromatic rings. The van der Waals surface area contributed by atoms with Crippen LogP contribution in [0.1, 0.15) is 15.9 Å². The third-order valence-electron chi connectivity index (χ3n) is 3.26. The second-order valence-corrected chi connectivity index (χ2v) is 4.79. The molecule has 0 saturated heterocycles. The molecule has 0 radical (unpaired) electrons. The molecule has 0 saturated carbocycles. The van der Waals surface area contributed by atoms with Gasteiger partial charge in [-0.3, -0.25) is 25.0 Å². The first-order valence-corrected chi connectivity index (χ1v) is 6.85. The van der Waals surface area contributed by atoms with Gasteiger partial charge >= 0.3 is 0 Å². The lowest BCUT2D eigenvalue weighted by Crippen LogP contribution is -1.97. The van der Waals surface area contributed by atoms with Crippen LogP contribution in [0, 0.1) is 20.2 Å². The van der Waals surface area contributed by atoms with E-state index in [2.05, 4.69) is 5.32 Å². The summed E-state index contributed by atoms with van der Waals surface area (Å²) < 4.78 is 0. The number of hydrogen-bond acceptors (Lipinski definition) is 6. The zero-order valence-electron chi connectivity index (χ0n) is 12.6. The summed E-state index contributed by atoms with van der Waals surface area (Å²) in [6, 6.07) is 9.85. The minimum absolute atomic E-state index is 0.109. The van der Waals surface area contributed by atoms with E-state index in [1.54, 1.807) is 13.1 Å². The van der Waals surface area contributed by atoms with E-state index in [1.807, 2.05) is 0 Å². The molecule has 0 aliphatic rings. The van der Waals surface area contributed by atoms with Crippen LogP contribution in [-0.4, -0.2) is 22.7 Å². The van der Waals surface area contributed by atoms with Crippen molar-refractivity contribution < 1.29 is 14.6 Å². The molecule has 0 aliphatic carbocycles. The summed E-state index contributed by atoms with van der Waals surface area (Å²) in [5.74, 6) is -0.431. The lowest BCUT2D eigenvalue weighted by atomic mass is 10.1. The van der Waals surface area contributed by atoms with Crippen LogP contribution in [0.2, 0.25) is 0 Å². The second kappa shape index (κ2) is 7.14. The van der Waals surface area contributed by atoms with Crippen molar-refractivity contribution in [2.75, 3.05) is 12.4 Å². The Hall–Kier alpha value is -3.55. The first-order chi connectivity index (χ1) is 11.4. The van der Waals surface area contributed by atoms with Crippen molar-refractivity contribution in [3.63, 3.8) is 0 Å². The van der Waals surface area contributed by atoms with Crippen LogP contribution in [0.25, 0.3) is 6.08 Å². The molecule has 0 fully saturated rings. The Balaban J connectivity index is 2.26. The number of rotatable bonds is 6. The molecule has 8 nitrogen and oxygen atoms in total. The summed E-state index contributed by atoms with van der Waals surface area (Å²) >= 11 is 0. The molecule has 122 valence electrons. The van der Waals surface area contributed by atoms with Crippen LogP contribution >= 0.6 is 0 Å². The topological polar surface area (TPSA) is 115 Å². The smallest absolute Gasteiger partial charge is 0.292 e. The molecule has 24 heavy (non-hydrogen) atoms. The largest absolute Gasteiger partial charge is 0.383 e. The van der Waals surface area contributed by atoms with Crippen LogP contribution in [0.3, 0.4) is 0 Å². The molecular formula is C16H13N3O5. The number of nitrogens with one attached hydrogen (secondary N) is 1. The number of allylic oxidation sites excluding steroid dienone is 1. The molecule has 2 aromatic carbocycles. The molecular weight excluding hydrogens is 314 g/mol.